The van der Waals surface area contributed by atoms with Crippen LogP contribution in [-0.4, -0.2) is 15.9 Å². The predicted octanol–water partition coefficient (Wildman–Crippen LogP) is 6.87. The molecule has 154 valence electrons. The molecular formula is C27H18ClN3O. The van der Waals surface area contributed by atoms with Crippen molar-refractivity contribution in [3.05, 3.63) is 114 Å². The van der Waals surface area contributed by atoms with Crippen LogP contribution in [0.4, 0.5) is 5.69 Å². The summed E-state index contributed by atoms with van der Waals surface area (Å²) < 4.78 is 0. The number of halogens is 1. The first-order chi connectivity index (χ1) is 15.7. The highest BCUT2D eigenvalue weighted by Crippen LogP contribution is 2.31. The molecule has 1 amide bonds. The predicted molar refractivity (Wildman–Crippen MR) is 130 cm³/mol. The normalized spacial score (nSPS) is 10.8. The lowest BCUT2D eigenvalue weighted by Crippen LogP contribution is -2.11. The second-order valence-corrected chi connectivity index (χ2v) is 7.75. The Bertz CT molecular complexity index is 1400. The van der Waals surface area contributed by atoms with Crippen molar-refractivity contribution in [2.24, 2.45) is 0 Å². The van der Waals surface area contributed by atoms with Crippen LogP contribution in [0.2, 0.25) is 5.02 Å². The second-order valence-electron chi connectivity index (χ2n) is 7.31. The highest BCUT2D eigenvalue weighted by atomic mass is 35.5. The summed E-state index contributed by atoms with van der Waals surface area (Å²) in [5, 5.41) is 3.50. The van der Waals surface area contributed by atoms with Gasteiger partial charge in [0.05, 0.1) is 22.4 Å². The van der Waals surface area contributed by atoms with Gasteiger partial charge in [0, 0.05) is 27.4 Å². The topological polar surface area (TPSA) is 54.9 Å². The molecule has 0 fully saturated rings. The number of carbonyl (C=O) groups excluding carboxylic acids is 1. The molecule has 0 spiro atoms. The molecule has 1 aromatic heterocycles. The third-order valence-corrected chi connectivity index (χ3v) is 5.39. The van der Waals surface area contributed by atoms with Crippen molar-refractivity contribution >= 4 is 34.2 Å². The van der Waals surface area contributed by atoms with Gasteiger partial charge in [-0.3, -0.25) is 4.79 Å². The lowest BCUT2D eigenvalue weighted by molar-refractivity contribution is 0.102. The molecule has 32 heavy (non-hydrogen) atoms. The molecule has 0 aliphatic heterocycles. The number of nitrogens with zero attached hydrogens (tertiary/aromatic N) is 2. The number of para-hydroxylation sites is 2. The average Bonchev–Trinajstić information content (AvgIpc) is 2.85. The molecule has 0 aliphatic carbocycles. The molecule has 0 atom stereocenters. The van der Waals surface area contributed by atoms with Gasteiger partial charge in [-0.2, -0.15) is 0 Å². The summed E-state index contributed by atoms with van der Waals surface area (Å²) in [5.41, 5.74) is 6.38. The average molecular weight is 436 g/mol. The number of carbonyl (C=O) groups is 1. The number of nitrogens with one attached hydrogen (secondary N) is 1. The quantitative estimate of drug-likeness (QED) is 0.335. The van der Waals surface area contributed by atoms with Crippen LogP contribution in [0.15, 0.2) is 103 Å². The van der Waals surface area contributed by atoms with Crippen LogP contribution in [0.1, 0.15) is 10.4 Å². The number of aromatic nitrogens is 2. The van der Waals surface area contributed by atoms with E-state index in [1.807, 2.05) is 66.7 Å². The molecule has 5 heteroatoms. The smallest absolute Gasteiger partial charge is 0.255 e. The molecule has 4 nitrogen and oxygen atoms in total. The Balaban J connectivity index is 1.51. The fourth-order valence-electron chi connectivity index (χ4n) is 3.51. The van der Waals surface area contributed by atoms with E-state index in [0.29, 0.717) is 16.3 Å². The molecule has 1 heterocycles. The minimum atomic E-state index is -0.188. The molecule has 0 aliphatic rings. The molecule has 4 aromatic carbocycles. The summed E-state index contributed by atoms with van der Waals surface area (Å²) in [6.45, 7) is 0. The molecule has 0 saturated carbocycles. The Hall–Kier alpha value is -4.02. The van der Waals surface area contributed by atoms with Gasteiger partial charge in [-0.25, -0.2) is 9.97 Å². The molecule has 0 unspecified atom stereocenters. The van der Waals surface area contributed by atoms with Crippen LogP contribution >= 0.6 is 11.6 Å². The van der Waals surface area contributed by atoms with Crippen LogP contribution < -0.4 is 5.32 Å². The summed E-state index contributed by atoms with van der Waals surface area (Å²) in [4.78, 5) is 22.4. The zero-order chi connectivity index (χ0) is 21.9. The minimum Gasteiger partial charge on any atom is -0.322 e. The van der Waals surface area contributed by atoms with Gasteiger partial charge in [0.2, 0.25) is 0 Å². The van der Waals surface area contributed by atoms with E-state index >= 15 is 0 Å². The SMILES string of the molecule is O=C(Nc1ccc(Cl)cc1)c1ccc(-c2nc3ccccc3nc2-c2ccccc2)cc1. The van der Waals surface area contributed by atoms with E-state index in [-0.39, 0.29) is 5.91 Å². The van der Waals surface area contributed by atoms with Crippen LogP contribution in [0, 0.1) is 0 Å². The van der Waals surface area contributed by atoms with Gasteiger partial charge in [0.25, 0.3) is 5.91 Å². The summed E-state index contributed by atoms with van der Waals surface area (Å²) in [7, 11) is 0. The van der Waals surface area contributed by atoms with Gasteiger partial charge in [0.15, 0.2) is 0 Å². The summed E-state index contributed by atoms with van der Waals surface area (Å²) >= 11 is 5.91. The van der Waals surface area contributed by atoms with Crippen molar-refractivity contribution in [1.29, 1.82) is 0 Å². The zero-order valence-corrected chi connectivity index (χ0v) is 17.8. The van der Waals surface area contributed by atoms with Gasteiger partial charge in [-0.05, 0) is 48.5 Å². The van der Waals surface area contributed by atoms with Crippen LogP contribution in [0.3, 0.4) is 0 Å². The van der Waals surface area contributed by atoms with Crippen molar-refractivity contribution in [3.63, 3.8) is 0 Å². The summed E-state index contributed by atoms with van der Waals surface area (Å²) in [6.07, 6.45) is 0. The number of hydrogen-bond acceptors (Lipinski definition) is 3. The fourth-order valence-corrected chi connectivity index (χ4v) is 3.64. The number of benzene rings is 4. The van der Waals surface area contributed by atoms with Crippen molar-refractivity contribution in [2.75, 3.05) is 5.32 Å². The molecular weight excluding hydrogens is 418 g/mol. The largest absolute Gasteiger partial charge is 0.322 e. The van der Waals surface area contributed by atoms with Crippen molar-refractivity contribution < 1.29 is 4.79 Å². The minimum absolute atomic E-state index is 0.188. The van der Waals surface area contributed by atoms with Crippen LogP contribution in [-0.2, 0) is 0 Å². The van der Waals surface area contributed by atoms with Crippen molar-refractivity contribution in [1.82, 2.24) is 9.97 Å². The van der Waals surface area contributed by atoms with Crippen molar-refractivity contribution in [2.45, 2.75) is 0 Å². The summed E-state index contributed by atoms with van der Waals surface area (Å²) in [5.74, 6) is -0.188. The first-order valence-corrected chi connectivity index (χ1v) is 10.5. The lowest BCUT2D eigenvalue weighted by atomic mass is 10.0. The van der Waals surface area contributed by atoms with Gasteiger partial charge >= 0.3 is 0 Å². The molecule has 5 rings (SSSR count). The monoisotopic (exact) mass is 435 g/mol. The Labute approximate surface area is 190 Å². The second kappa shape index (κ2) is 8.61. The first kappa shape index (κ1) is 19.9. The van der Waals surface area contributed by atoms with Gasteiger partial charge in [-0.15, -0.1) is 0 Å². The first-order valence-electron chi connectivity index (χ1n) is 10.2. The number of hydrogen-bond donors (Lipinski definition) is 1. The summed E-state index contributed by atoms with van der Waals surface area (Å²) in [6, 6.07) is 32.2. The maximum atomic E-state index is 12.6. The van der Waals surface area contributed by atoms with E-state index in [1.54, 1.807) is 36.4 Å². The van der Waals surface area contributed by atoms with E-state index in [2.05, 4.69) is 5.32 Å². The van der Waals surface area contributed by atoms with Gasteiger partial charge in [-0.1, -0.05) is 66.2 Å². The van der Waals surface area contributed by atoms with E-state index in [1.165, 1.54) is 0 Å². The zero-order valence-electron chi connectivity index (χ0n) is 17.0. The maximum absolute atomic E-state index is 12.6. The lowest BCUT2D eigenvalue weighted by Gasteiger charge is -2.11. The van der Waals surface area contributed by atoms with Crippen LogP contribution in [0.5, 0.6) is 0 Å². The van der Waals surface area contributed by atoms with Gasteiger partial charge in [0.1, 0.15) is 0 Å². The van der Waals surface area contributed by atoms with Gasteiger partial charge < -0.3 is 5.32 Å². The Kier molecular flexibility index (Phi) is 5.36. The molecule has 0 bridgehead atoms. The van der Waals surface area contributed by atoms with Crippen LogP contribution in [0.25, 0.3) is 33.5 Å². The molecule has 5 aromatic rings. The Morgan fingerprint density at radius 2 is 1.16 bits per heavy atom. The van der Waals surface area contributed by atoms with E-state index in [4.69, 9.17) is 21.6 Å². The molecule has 0 radical (unpaired) electrons. The Morgan fingerprint density at radius 1 is 0.625 bits per heavy atom. The van der Waals surface area contributed by atoms with E-state index in [9.17, 15) is 4.79 Å². The maximum Gasteiger partial charge on any atom is 0.255 e. The number of rotatable bonds is 4. The highest BCUT2D eigenvalue weighted by molar-refractivity contribution is 6.30. The standard InChI is InChI=1S/C27H18ClN3O/c28-21-14-16-22(17-15-21)29-27(32)20-12-10-19(11-13-20)26-25(18-6-2-1-3-7-18)30-23-8-4-5-9-24(23)31-26/h1-17H,(H,29,32). The molecule has 0 saturated heterocycles. The van der Waals surface area contributed by atoms with E-state index < -0.39 is 0 Å². The number of amides is 1. The third-order valence-electron chi connectivity index (χ3n) is 5.14. The fraction of sp³-hybridized carbons (Fsp3) is 0. The molecule has 1 N–H and O–H groups in total. The van der Waals surface area contributed by atoms with Crippen molar-refractivity contribution in [3.8, 4) is 22.5 Å². The number of fused-ring (bicyclic) bond motifs is 1. The highest BCUT2D eigenvalue weighted by Gasteiger charge is 2.14. The third kappa shape index (κ3) is 4.09. The number of anilines is 1. The van der Waals surface area contributed by atoms with E-state index in [0.717, 1.165) is 33.5 Å². The Morgan fingerprint density at radius 3 is 1.75 bits per heavy atom.